The van der Waals surface area contributed by atoms with Gasteiger partial charge in [-0.2, -0.15) is 0 Å². The van der Waals surface area contributed by atoms with Crippen LogP contribution in [0.3, 0.4) is 0 Å². The maximum absolute atomic E-state index is 12.5. The van der Waals surface area contributed by atoms with Gasteiger partial charge >= 0.3 is 0 Å². The van der Waals surface area contributed by atoms with Crippen LogP contribution in [0.25, 0.3) is 0 Å². The van der Waals surface area contributed by atoms with Crippen LogP contribution in [-0.2, 0) is 19.9 Å². The summed E-state index contributed by atoms with van der Waals surface area (Å²) in [5.74, 6) is 0.156. The van der Waals surface area contributed by atoms with E-state index < -0.39 is 19.9 Å². The number of piperidine rings is 1. The highest BCUT2D eigenvalue weighted by atomic mass is 32.2. The zero-order chi connectivity index (χ0) is 17.8. The highest BCUT2D eigenvalue weighted by molar-refractivity contribution is 7.93. The van der Waals surface area contributed by atoms with E-state index in [2.05, 4.69) is 9.62 Å². The fourth-order valence-electron chi connectivity index (χ4n) is 2.96. The Morgan fingerprint density at radius 2 is 1.62 bits per heavy atom. The second kappa shape index (κ2) is 7.95. The van der Waals surface area contributed by atoms with Crippen molar-refractivity contribution in [1.82, 2.24) is 9.62 Å². The second-order valence-corrected chi connectivity index (χ2v) is 10.3. The van der Waals surface area contributed by atoms with Crippen molar-refractivity contribution >= 4 is 19.9 Å². The number of rotatable bonds is 7. The summed E-state index contributed by atoms with van der Waals surface area (Å²) >= 11 is 0. The van der Waals surface area contributed by atoms with E-state index in [9.17, 15) is 16.8 Å². The Hall–Kier alpha value is -0.960. The summed E-state index contributed by atoms with van der Waals surface area (Å²) in [6.45, 7) is 5.26. The van der Waals surface area contributed by atoms with Crippen LogP contribution in [0.15, 0.2) is 34.1 Å². The fraction of sp³-hybridized carbons (Fsp3) is 0.625. The number of hydrogen-bond donors (Lipinski definition) is 1. The molecule has 1 atom stereocenters. The lowest BCUT2D eigenvalue weighted by Crippen LogP contribution is -2.38. The summed E-state index contributed by atoms with van der Waals surface area (Å²) in [7, 11) is -7.46. The molecule has 136 valence electrons. The third-order valence-corrected chi connectivity index (χ3v) is 6.94. The van der Waals surface area contributed by atoms with Gasteiger partial charge in [0, 0.05) is 19.3 Å². The summed E-state index contributed by atoms with van der Waals surface area (Å²) in [6, 6.07) is 5.70. The molecule has 1 N–H and O–H groups in total. The molecule has 1 aromatic rings. The first-order chi connectivity index (χ1) is 11.2. The van der Waals surface area contributed by atoms with Crippen molar-refractivity contribution in [1.29, 1.82) is 0 Å². The van der Waals surface area contributed by atoms with E-state index in [4.69, 9.17) is 0 Å². The Balaban J connectivity index is 2.04. The highest BCUT2D eigenvalue weighted by Crippen LogP contribution is 2.20. The summed E-state index contributed by atoms with van der Waals surface area (Å²) < 4.78 is 51.2. The molecule has 0 amide bonds. The van der Waals surface area contributed by atoms with Gasteiger partial charge in [-0.05, 0) is 44.0 Å². The summed E-state index contributed by atoms with van der Waals surface area (Å²) in [4.78, 5) is 2.01. The topological polar surface area (TPSA) is 83.5 Å². The Morgan fingerprint density at radius 1 is 1.04 bits per heavy atom. The van der Waals surface area contributed by atoms with E-state index in [1.54, 1.807) is 0 Å². The Morgan fingerprint density at radius 3 is 2.21 bits per heavy atom. The lowest BCUT2D eigenvalue weighted by molar-refractivity contribution is 0.201. The van der Waals surface area contributed by atoms with Crippen LogP contribution in [0.5, 0.6) is 0 Å². The molecule has 0 aliphatic carbocycles. The average Bonchev–Trinajstić information content (AvgIpc) is 2.53. The zero-order valence-electron chi connectivity index (χ0n) is 14.2. The normalized spacial score (nSPS) is 18.4. The van der Waals surface area contributed by atoms with Crippen LogP contribution in [0, 0.1) is 5.92 Å². The van der Waals surface area contributed by atoms with Gasteiger partial charge in [0.05, 0.1) is 4.90 Å². The minimum absolute atomic E-state index is 0.156. The van der Waals surface area contributed by atoms with Crippen LogP contribution >= 0.6 is 0 Å². The molecule has 0 aromatic heterocycles. The average molecular weight is 375 g/mol. The molecular formula is C16H26N2O4S2. The smallest absolute Gasteiger partial charge is 0.241 e. The van der Waals surface area contributed by atoms with Crippen LogP contribution in [0.1, 0.15) is 26.2 Å². The SMILES string of the molecule is CC(CNS(=O)(=O)c1ccccc1S(C)(=O)=O)CN1CCCCC1. The van der Waals surface area contributed by atoms with E-state index in [1.807, 2.05) is 6.92 Å². The van der Waals surface area contributed by atoms with Crippen LogP contribution in [0.2, 0.25) is 0 Å². The van der Waals surface area contributed by atoms with Crippen LogP contribution in [-0.4, -0.2) is 54.2 Å². The van der Waals surface area contributed by atoms with E-state index in [-0.39, 0.29) is 22.3 Å². The van der Waals surface area contributed by atoms with E-state index in [0.717, 1.165) is 25.9 Å². The van der Waals surface area contributed by atoms with Gasteiger partial charge in [-0.3, -0.25) is 0 Å². The van der Waals surface area contributed by atoms with Gasteiger partial charge < -0.3 is 4.90 Å². The van der Waals surface area contributed by atoms with Crippen molar-refractivity contribution in [3.05, 3.63) is 24.3 Å². The number of sulfonamides is 1. The molecule has 0 saturated carbocycles. The Bertz CT molecular complexity index is 754. The highest BCUT2D eigenvalue weighted by Gasteiger charge is 2.24. The third-order valence-electron chi connectivity index (χ3n) is 4.18. The molecule has 1 aromatic carbocycles. The van der Waals surface area contributed by atoms with E-state index >= 15 is 0 Å². The maximum Gasteiger partial charge on any atom is 0.241 e. The molecule has 0 bridgehead atoms. The Labute approximate surface area is 145 Å². The minimum Gasteiger partial charge on any atom is -0.303 e. The molecule has 1 unspecified atom stereocenters. The molecule has 0 spiro atoms. The van der Waals surface area contributed by atoms with Gasteiger partial charge in [-0.1, -0.05) is 25.5 Å². The zero-order valence-corrected chi connectivity index (χ0v) is 15.9. The number of sulfone groups is 1. The van der Waals surface area contributed by atoms with Crippen LogP contribution < -0.4 is 4.72 Å². The number of benzene rings is 1. The van der Waals surface area contributed by atoms with Crippen molar-refractivity contribution < 1.29 is 16.8 Å². The lowest BCUT2D eigenvalue weighted by Gasteiger charge is -2.29. The summed E-state index contributed by atoms with van der Waals surface area (Å²) in [5.41, 5.74) is 0. The predicted molar refractivity (Wildman–Crippen MR) is 94.2 cm³/mol. The molecule has 1 fully saturated rings. The first kappa shape index (κ1) is 19.4. The quantitative estimate of drug-likeness (QED) is 0.782. The first-order valence-corrected chi connectivity index (χ1v) is 11.6. The van der Waals surface area contributed by atoms with Crippen molar-refractivity contribution in [2.75, 3.05) is 32.4 Å². The van der Waals surface area contributed by atoms with Crippen molar-refractivity contribution in [3.63, 3.8) is 0 Å². The minimum atomic E-state index is -3.86. The maximum atomic E-state index is 12.5. The lowest BCUT2D eigenvalue weighted by atomic mass is 10.1. The van der Waals surface area contributed by atoms with Crippen LogP contribution in [0.4, 0.5) is 0 Å². The summed E-state index contributed by atoms with van der Waals surface area (Å²) in [6.07, 6.45) is 4.67. The van der Waals surface area contributed by atoms with Crippen molar-refractivity contribution in [2.24, 2.45) is 5.92 Å². The van der Waals surface area contributed by atoms with Crippen molar-refractivity contribution in [3.8, 4) is 0 Å². The number of hydrogen-bond acceptors (Lipinski definition) is 5. The van der Waals surface area contributed by atoms with Gasteiger partial charge in [0.25, 0.3) is 0 Å². The monoisotopic (exact) mass is 374 g/mol. The fourth-order valence-corrected chi connectivity index (χ4v) is 5.75. The number of likely N-dealkylation sites (tertiary alicyclic amines) is 1. The standard InChI is InChI=1S/C16H26N2O4S2/c1-14(13-18-10-6-3-7-11-18)12-17-24(21,22)16-9-5-4-8-15(16)23(2,19)20/h4-5,8-9,14,17H,3,6-7,10-13H2,1-2H3. The number of nitrogens with zero attached hydrogens (tertiary/aromatic N) is 1. The van der Waals surface area contributed by atoms with Gasteiger partial charge in [0.15, 0.2) is 9.84 Å². The largest absolute Gasteiger partial charge is 0.303 e. The molecule has 24 heavy (non-hydrogen) atoms. The molecule has 1 aliphatic heterocycles. The summed E-state index contributed by atoms with van der Waals surface area (Å²) in [5, 5.41) is 0. The second-order valence-electron chi connectivity index (χ2n) is 6.54. The molecule has 1 aliphatic rings. The first-order valence-electron chi connectivity index (χ1n) is 8.21. The Kier molecular flexibility index (Phi) is 6.41. The molecule has 8 heteroatoms. The molecule has 1 heterocycles. The third kappa shape index (κ3) is 5.27. The number of nitrogens with one attached hydrogen (secondary N) is 1. The molecule has 2 rings (SSSR count). The van der Waals surface area contributed by atoms with E-state index in [0.29, 0.717) is 0 Å². The van der Waals surface area contributed by atoms with Gasteiger partial charge in [0.1, 0.15) is 4.90 Å². The molecule has 6 nitrogen and oxygen atoms in total. The molecular weight excluding hydrogens is 348 g/mol. The van der Waals surface area contributed by atoms with Gasteiger partial charge in [-0.15, -0.1) is 0 Å². The van der Waals surface area contributed by atoms with Gasteiger partial charge in [-0.25, -0.2) is 21.6 Å². The molecule has 1 saturated heterocycles. The van der Waals surface area contributed by atoms with E-state index in [1.165, 1.54) is 43.5 Å². The van der Waals surface area contributed by atoms with Crippen molar-refractivity contribution in [2.45, 2.75) is 36.0 Å². The molecule has 0 radical (unpaired) electrons. The van der Waals surface area contributed by atoms with Gasteiger partial charge in [0.2, 0.25) is 10.0 Å². The predicted octanol–water partition coefficient (Wildman–Crippen LogP) is 1.49.